The molecule has 4 rings (SSSR count). The zero-order chi connectivity index (χ0) is 22.0. The van der Waals surface area contributed by atoms with Gasteiger partial charge in [-0.2, -0.15) is 0 Å². The molecule has 3 aromatic carbocycles. The van der Waals surface area contributed by atoms with E-state index in [1.54, 1.807) is 6.07 Å². The van der Waals surface area contributed by atoms with Crippen molar-refractivity contribution in [3.8, 4) is 22.8 Å². The second kappa shape index (κ2) is 8.86. The third-order valence-corrected chi connectivity index (χ3v) is 5.36. The fourth-order valence-corrected chi connectivity index (χ4v) is 3.79. The highest BCUT2D eigenvalue weighted by atomic mass is 35.5. The molecule has 0 saturated heterocycles. The molecule has 0 N–H and O–H groups in total. The van der Waals surface area contributed by atoms with Crippen molar-refractivity contribution in [2.75, 3.05) is 13.2 Å². The molecule has 0 aliphatic rings. The third kappa shape index (κ3) is 4.44. The lowest BCUT2D eigenvalue weighted by Gasteiger charge is -2.14. The Morgan fingerprint density at radius 1 is 0.871 bits per heavy atom. The van der Waals surface area contributed by atoms with E-state index in [1.807, 2.05) is 75.4 Å². The smallest absolute Gasteiger partial charge is 0.235 e. The summed E-state index contributed by atoms with van der Waals surface area (Å²) in [6.45, 7) is 6.35. The highest BCUT2D eigenvalue weighted by Gasteiger charge is 2.21. The Labute approximate surface area is 186 Å². The second-order valence-electron chi connectivity index (χ2n) is 7.53. The minimum absolute atomic E-state index is 0.139. The first-order valence-electron chi connectivity index (χ1n) is 10.1. The van der Waals surface area contributed by atoms with E-state index < -0.39 is 0 Å². The Balaban J connectivity index is 1.70. The maximum atomic E-state index is 13.4. The molecule has 0 unspecified atom stereocenters. The van der Waals surface area contributed by atoms with E-state index in [0.29, 0.717) is 27.3 Å². The van der Waals surface area contributed by atoms with Gasteiger partial charge in [-0.25, -0.2) is 0 Å². The van der Waals surface area contributed by atoms with Gasteiger partial charge in [0.2, 0.25) is 11.2 Å². The van der Waals surface area contributed by atoms with Gasteiger partial charge in [0.25, 0.3) is 0 Å². The van der Waals surface area contributed by atoms with Gasteiger partial charge in [0.1, 0.15) is 24.5 Å². The number of hydrogen-bond donors (Lipinski definition) is 0. The van der Waals surface area contributed by atoms with Gasteiger partial charge in [0.15, 0.2) is 5.76 Å². The average molecular weight is 435 g/mol. The molecular weight excluding hydrogens is 412 g/mol. The second-order valence-corrected chi connectivity index (χ2v) is 7.94. The summed E-state index contributed by atoms with van der Waals surface area (Å²) >= 11 is 6.41. The summed E-state index contributed by atoms with van der Waals surface area (Å²) < 4.78 is 17.8. The number of fused-ring (bicyclic) bond motifs is 1. The predicted molar refractivity (Wildman–Crippen MR) is 125 cm³/mol. The molecule has 0 bridgehead atoms. The molecule has 1 heterocycles. The van der Waals surface area contributed by atoms with Crippen LogP contribution in [-0.2, 0) is 0 Å². The molecule has 0 atom stereocenters. The van der Waals surface area contributed by atoms with Gasteiger partial charge >= 0.3 is 0 Å². The normalized spacial score (nSPS) is 11.0. The van der Waals surface area contributed by atoms with Gasteiger partial charge in [0, 0.05) is 5.56 Å². The molecule has 0 radical (unpaired) electrons. The van der Waals surface area contributed by atoms with E-state index in [2.05, 4.69) is 0 Å². The Bertz CT molecular complexity index is 1290. The average Bonchev–Trinajstić information content (AvgIpc) is 2.73. The zero-order valence-electron chi connectivity index (χ0n) is 17.7. The largest absolute Gasteiger partial charge is 0.490 e. The van der Waals surface area contributed by atoms with Gasteiger partial charge in [-0.15, -0.1) is 0 Å². The van der Waals surface area contributed by atoms with E-state index in [4.69, 9.17) is 25.5 Å². The first kappa shape index (κ1) is 21.0. The minimum atomic E-state index is -0.219. The van der Waals surface area contributed by atoms with Crippen LogP contribution in [0.1, 0.15) is 16.7 Å². The van der Waals surface area contributed by atoms with Crippen LogP contribution in [0.5, 0.6) is 11.5 Å². The summed E-state index contributed by atoms with van der Waals surface area (Å²) in [6.07, 6.45) is 0. The van der Waals surface area contributed by atoms with Crippen LogP contribution in [0.25, 0.3) is 22.3 Å². The van der Waals surface area contributed by atoms with Crippen molar-refractivity contribution in [3.63, 3.8) is 0 Å². The fraction of sp³-hybridized carbons (Fsp3) is 0.192. The first-order valence-corrected chi connectivity index (χ1v) is 10.5. The predicted octanol–water partition coefficient (Wildman–Crippen LogP) is 6.50. The molecule has 0 saturated carbocycles. The van der Waals surface area contributed by atoms with Crippen LogP contribution in [-0.4, -0.2) is 13.2 Å². The molecule has 5 heteroatoms. The van der Waals surface area contributed by atoms with Gasteiger partial charge in [-0.1, -0.05) is 47.5 Å². The standard InChI is InChI=1S/C26H23ClO4/c1-16-8-10-19(11-9-16)29-12-13-30-26-24(28)23-18(3)14-17(2)15-22(23)31-25(26)20-6-4-5-7-21(20)27/h4-11,14-15H,12-13H2,1-3H3. The summed E-state index contributed by atoms with van der Waals surface area (Å²) in [5, 5.41) is 0.992. The van der Waals surface area contributed by atoms with Crippen molar-refractivity contribution in [1.29, 1.82) is 0 Å². The maximum absolute atomic E-state index is 13.4. The number of hydrogen-bond acceptors (Lipinski definition) is 4. The SMILES string of the molecule is Cc1ccc(OCCOc2c(-c3ccccc3Cl)oc3cc(C)cc(C)c3c2=O)cc1. The van der Waals surface area contributed by atoms with Crippen LogP contribution in [0.15, 0.2) is 69.9 Å². The van der Waals surface area contributed by atoms with Crippen molar-refractivity contribution < 1.29 is 13.9 Å². The van der Waals surface area contributed by atoms with E-state index in [0.717, 1.165) is 22.4 Å². The topological polar surface area (TPSA) is 48.7 Å². The molecule has 158 valence electrons. The highest BCUT2D eigenvalue weighted by molar-refractivity contribution is 6.33. The van der Waals surface area contributed by atoms with E-state index in [1.165, 1.54) is 0 Å². The molecule has 31 heavy (non-hydrogen) atoms. The van der Waals surface area contributed by atoms with Crippen LogP contribution in [0, 0.1) is 20.8 Å². The quantitative estimate of drug-likeness (QED) is 0.325. The molecule has 4 nitrogen and oxygen atoms in total. The Morgan fingerprint density at radius 2 is 1.58 bits per heavy atom. The van der Waals surface area contributed by atoms with Gasteiger partial charge in [0.05, 0.1) is 10.4 Å². The number of benzene rings is 3. The van der Waals surface area contributed by atoms with Crippen LogP contribution >= 0.6 is 11.6 Å². The van der Waals surface area contributed by atoms with Gasteiger partial charge < -0.3 is 13.9 Å². The van der Waals surface area contributed by atoms with E-state index in [-0.39, 0.29) is 24.4 Å². The fourth-order valence-electron chi connectivity index (χ4n) is 3.56. The molecule has 0 spiro atoms. The summed E-state index contributed by atoms with van der Waals surface area (Å²) in [4.78, 5) is 13.4. The van der Waals surface area contributed by atoms with Crippen molar-refractivity contribution in [1.82, 2.24) is 0 Å². The Morgan fingerprint density at radius 3 is 2.32 bits per heavy atom. The number of halogens is 1. The lowest BCUT2D eigenvalue weighted by Crippen LogP contribution is -2.16. The molecule has 0 fully saturated rings. The third-order valence-electron chi connectivity index (χ3n) is 5.03. The highest BCUT2D eigenvalue weighted by Crippen LogP contribution is 2.36. The van der Waals surface area contributed by atoms with Crippen molar-refractivity contribution in [2.45, 2.75) is 20.8 Å². The Kier molecular flexibility index (Phi) is 6.01. The van der Waals surface area contributed by atoms with Crippen molar-refractivity contribution in [3.05, 3.63) is 92.6 Å². The van der Waals surface area contributed by atoms with Crippen LogP contribution < -0.4 is 14.9 Å². The Hall–Kier alpha value is -3.24. The molecule has 1 aromatic heterocycles. The first-order chi connectivity index (χ1) is 14.9. The summed E-state index contributed by atoms with van der Waals surface area (Å²) in [5.74, 6) is 1.21. The number of ether oxygens (including phenoxy) is 2. The molecule has 4 aromatic rings. The number of rotatable bonds is 6. The maximum Gasteiger partial charge on any atom is 0.235 e. The lowest BCUT2D eigenvalue weighted by atomic mass is 10.0. The number of aryl methyl sites for hydroxylation is 3. The molecule has 0 aliphatic heterocycles. The van der Waals surface area contributed by atoms with Crippen LogP contribution in [0.2, 0.25) is 5.02 Å². The van der Waals surface area contributed by atoms with Crippen LogP contribution in [0.4, 0.5) is 0 Å². The summed E-state index contributed by atoms with van der Waals surface area (Å²) in [6, 6.07) is 18.8. The van der Waals surface area contributed by atoms with Crippen LogP contribution in [0.3, 0.4) is 0 Å². The zero-order valence-corrected chi connectivity index (χ0v) is 18.5. The summed E-state index contributed by atoms with van der Waals surface area (Å²) in [7, 11) is 0. The molecular formula is C26H23ClO4. The van der Waals surface area contributed by atoms with Gasteiger partial charge in [-0.3, -0.25) is 4.79 Å². The summed E-state index contributed by atoms with van der Waals surface area (Å²) in [5.41, 5.74) is 3.92. The lowest BCUT2D eigenvalue weighted by molar-refractivity contribution is 0.214. The van der Waals surface area contributed by atoms with E-state index >= 15 is 0 Å². The van der Waals surface area contributed by atoms with Crippen molar-refractivity contribution >= 4 is 22.6 Å². The van der Waals surface area contributed by atoms with Crippen molar-refractivity contribution in [2.24, 2.45) is 0 Å². The van der Waals surface area contributed by atoms with E-state index in [9.17, 15) is 4.79 Å². The minimum Gasteiger partial charge on any atom is -0.490 e. The molecule has 0 aliphatic carbocycles. The van der Waals surface area contributed by atoms with Gasteiger partial charge in [-0.05, 0) is 62.2 Å². The monoisotopic (exact) mass is 434 g/mol. The molecule has 0 amide bonds.